The lowest BCUT2D eigenvalue weighted by atomic mass is 10.1. The minimum atomic E-state index is -0.0288. The summed E-state index contributed by atoms with van der Waals surface area (Å²) in [6, 6.07) is 13.3. The molecule has 0 aromatic heterocycles. The molecule has 0 unspecified atom stereocenters. The fourth-order valence-electron chi connectivity index (χ4n) is 2.52. The van der Waals surface area contributed by atoms with Gasteiger partial charge in [-0.2, -0.15) is 0 Å². The Morgan fingerprint density at radius 1 is 1.29 bits per heavy atom. The molecule has 0 bridgehead atoms. The number of nitrogens with zero attached hydrogens (tertiary/aromatic N) is 1. The first kappa shape index (κ1) is 13.6. The number of nitrogens with two attached hydrogens (primary N) is 1. The normalized spacial score (nSPS) is 12.7. The highest BCUT2D eigenvalue weighted by atomic mass is 16.5. The van der Waals surface area contributed by atoms with Crippen LogP contribution in [0.5, 0.6) is 5.75 Å². The van der Waals surface area contributed by atoms with E-state index in [-0.39, 0.29) is 5.91 Å². The summed E-state index contributed by atoms with van der Waals surface area (Å²) in [6.07, 6.45) is 0.864. The first-order valence-electron chi connectivity index (χ1n) is 7.02. The van der Waals surface area contributed by atoms with Gasteiger partial charge in [-0.1, -0.05) is 12.1 Å². The summed E-state index contributed by atoms with van der Waals surface area (Å²) in [5.74, 6) is 0.859. The molecule has 0 radical (unpaired) electrons. The molecule has 0 atom stereocenters. The van der Waals surface area contributed by atoms with E-state index in [0.29, 0.717) is 18.7 Å². The zero-order chi connectivity index (χ0) is 14.8. The topological polar surface area (TPSA) is 55.6 Å². The lowest BCUT2D eigenvalue weighted by Crippen LogP contribution is -2.26. The van der Waals surface area contributed by atoms with Gasteiger partial charge in [-0.15, -0.1) is 0 Å². The van der Waals surface area contributed by atoms with E-state index in [0.717, 1.165) is 29.0 Å². The van der Waals surface area contributed by atoms with Crippen LogP contribution < -0.4 is 15.4 Å². The summed E-state index contributed by atoms with van der Waals surface area (Å²) in [5, 5.41) is 0. The molecule has 0 aliphatic carbocycles. The minimum Gasteiger partial charge on any atom is -0.493 e. The van der Waals surface area contributed by atoms with Crippen LogP contribution in [0.1, 0.15) is 21.5 Å². The van der Waals surface area contributed by atoms with E-state index < -0.39 is 0 Å². The predicted molar refractivity (Wildman–Crippen MR) is 82.7 cm³/mol. The van der Waals surface area contributed by atoms with Gasteiger partial charge in [-0.25, -0.2) is 0 Å². The summed E-state index contributed by atoms with van der Waals surface area (Å²) < 4.78 is 5.47. The fraction of sp³-hybridized carbons (Fsp3) is 0.235. The molecule has 21 heavy (non-hydrogen) atoms. The number of amides is 1. The molecular weight excluding hydrogens is 264 g/mol. The summed E-state index contributed by atoms with van der Waals surface area (Å²) in [4.78, 5) is 14.2. The highest BCUT2D eigenvalue weighted by Crippen LogP contribution is 2.27. The number of anilines is 1. The highest BCUT2D eigenvalue weighted by molar-refractivity contribution is 6.06. The average Bonchev–Trinajstić information content (AvgIpc) is 3.01. The van der Waals surface area contributed by atoms with Crippen LogP contribution in [-0.4, -0.2) is 19.6 Å². The Bertz CT molecular complexity index is 682. The number of rotatable bonds is 3. The predicted octanol–water partition coefficient (Wildman–Crippen LogP) is 2.36. The molecule has 1 aliphatic heterocycles. The second-order valence-corrected chi connectivity index (χ2v) is 5.16. The summed E-state index contributed by atoms with van der Waals surface area (Å²) >= 11 is 0. The molecule has 1 heterocycles. The van der Waals surface area contributed by atoms with Crippen molar-refractivity contribution < 1.29 is 9.53 Å². The summed E-state index contributed by atoms with van der Waals surface area (Å²) in [6.45, 7) is 1.16. The van der Waals surface area contributed by atoms with E-state index in [4.69, 9.17) is 10.5 Å². The molecule has 2 aromatic rings. The molecule has 4 heteroatoms. The second kappa shape index (κ2) is 5.58. The molecule has 1 amide bonds. The number of carbonyl (C=O) groups is 1. The molecule has 2 aromatic carbocycles. The van der Waals surface area contributed by atoms with Crippen molar-refractivity contribution in [3.8, 4) is 5.75 Å². The molecule has 3 rings (SSSR count). The third-order valence-corrected chi connectivity index (χ3v) is 3.77. The third kappa shape index (κ3) is 2.62. The zero-order valence-corrected chi connectivity index (χ0v) is 12.0. The van der Waals surface area contributed by atoms with Crippen molar-refractivity contribution in [2.75, 3.05) is 18.6 Å². The zero-order valence-electron chi connectivity index (χ0n) is 12.0. The molecule has 1 aliphatic rings. The van der Waals surface area contributed by atoms with Crippen molar-refractivity contribution in [1.82, 2.24) is 0 Å². The standard InChI is InChI=1S/C17H18N2O2/c1-19(15-4-2-3-12(9-15)11-18)17(20)14-5-6-16-13(10-14)7-8-21-16/h2-6,9-10H,7-8,11,18H2,1H3. The van der Waals surface area contributed by atoms with Gasteiger partial charge >= 0.3 is 0 Å². The highest BCUT2D eigenvalue weighted by Gasteiger charge is 2.18. The van der Waals surface area contributed by atoms with Crippen LogP contribution >= 0.6 is 0 Å². The van der Waals surface area contributed by atoms with Crippen molar-refractivity contribution in [2.24, 2.45) is 5.73 Å². The number of ether oxygens (including phenoxy) is 1. The molecule has 0 spiro atoms. The minimum absolute atomic E-state index is 0.0288. The maximum absolute atomic E-state index is 12.6. The lowest BCUT2D eigenvalue weighted by molar-refractivity contribution is 0.0993. The van der Waals surface area contributed by atoms with E-state index in [1.165, 1.54) is 0 Å². The van der Waals surface area contributed by atoms with Crippen LogP contribution in [0, 0.1) is 0 Å². The van der Waals surface area contributed by atoms with Gasteiger partial charge < -0.3 is 15.4 Å². The number of hydrogen-bond donors (Lipinski definition) is 1. The molecule has 4 nitrogen and oxygen atoms in total. The molecule has 0 saturated heterocycles. The third-order valence-electron chi connectivity index (χ3n) is 3.77. The van der Waals surface area contributed by atoms with Crippen LogP contribution in [0.4, 0.5) is 5.69 Å². The smallest absolute Gasteiger partial charge is 0.258 e. The lowest BCUT2D eigenvalue weighted by Gasteiger charge is -2.18. The Balaban J connectivity index is 1.87. The monoisotopic (exact) mass is 282 g/mol. The molecule has 2 N–H and O–H groups in total. The van der Waals surface area contributed by atoms with Gasteiger partial charge in [-0.3, -0.25) is 4.79 Å². The Morgan fingerprint density at radius 2 is 2.14 bits per heavy atom. The van der Waals surface area contributed by atoms with E-state index in [2.05, 4.69) is 0 Å². The van der Waals surface area contributed by atoms with Crippen LogP contribution in [0.3, 0.4) is 0 Å². The first-order chi connectivity index (χ1) is 10.2. The van der Waals surface area contributed by atoms with Gasteiger partial charge in [0.2, 0.25) is 0 Å². The quantitative estimate of drug-likeness (QED) is 0.940. The molecule has 0 fully saturated rings. The largest absolute Gasteiger partial charge is 0.493 e. The molecule has 0 saturated carbocycles. The van der Waals surface area contributed by atoms with E-state index in [1.807, 2.05) is 42.5 Å². The van der Waals surface area contributed by atoms with Gasteiger partial charge in [0, 0.05) is 31.3 Å². The molecule has 108 valence electrons. The maximum Gasteiger partial charge on any atom is 0.258 e. The maximum atomic E-state index is 12.6. The Morgan fingerprint density at radius 3 is 2.95 bits per heavy atom. The van der Waals surface area contributed by atoms with Crippen LogP contribution in [0.15, 0.2) is 42.5 Å². The summed E-state index contributed by atoms with van der Waals surface area (Å²) in [5.41, 5.74) is 9.29. The van der Waals surface area contributed by atoms with Crippen LogP contribution in [0.2, 0.25) is 0 Å². The van der Waals surface area contributed by atoms with Crippen molar-refractivity contribution in [2.45, 2.75) is 13.0 Å². The number of hydrogen-bond acceptors (Lipinski definition) is 3. The SMILES string of the molecule is CN(C(=O)c1ccc2c(c1)CCO2)c1cccc(CN)c1. The van der Waals surface area contributed by atoms with E-state index in [1.54, 1.807) is 11.9 Å². The Kier molecular flexibility index (Phi) is 3.62. The van der Waals surface area contributed by atoms with Gasteiger partial charge in [0.1, 0.15) is 5.75 Å². The first-order valence-corrected chi connectivity index (χ1v) is 7.02. The van der Waals surface area contributed by atoms with Crippen molar-refractivity contribution in [3.63, 3.8) is 0 Å². The van der Waals surface area contributed by atoms with Gasteiger partial charge in [0.25, 0.3) is 5.91 Å². The van der Waals surface area contributed by atoms with Gasteiger partial charge in [0.05, 0.1) is 6.61 Å². The number of fused-ring (bicyclic) bond motifs is 1. The summed E-state index contributed by atoms with van der Waals surface area (Å²) in [7, 11) is 1.78. The average molecular weight is 282 g/mol. The van der Waals surface area contributed by atoms with E-state index in [9.17, 15) is 4.79 Å². The number of benzene rings is 2. The van der Waals surface area contributed by atoms with Crippen molar-refractivity contribution in [1.29, 1.82) is 0 Å². The molecular formula is C17H18N2O2. The fourth-order valence-corrected chi connectivity index (χ4v) is 2.52. The Labute approximate surface area is 124 Å². The van der Waals surface area contributed by atoms with Crippen molar-refractivity contribution >= 4 is 11.6 Å². The van der Waals surface area contributed by atoms with Crippen LogP contribution in [-0.2, 0) is 13.0 Å². The van der Waals surface area contributed by atoms with E-state index >= 15 is 0 Å². The van der Waals surface area contributed by atoms with Gasteiger partial charge in [0.15, 0.2) is 0 Å². The number of carbonyl (C=O) groups excluding carboxylic acids is 1. The second-order valence-electron chi connectivity index (χ2n) is 5.16. The van der Waals surface area contributed by atoms with Crippen LogP contribution in [0.25, 0.3) is 0 Å². The van der Waals surface area contributed by atoms with Crippen molar-refractivity contribution in [3.05, 3.63) is 59.2 Å². The Hall–Kier alpha value is -2.33. The van der Waals surface area contributed by atoms with Gasteiger partial charge in [-0.05, 0) is 41.5 Å².